The maximum absolute atomic E-state index is 12.9. The van der Waals surface area contributed by atoms with Crippen molar-refractivity contribution in [1.29, 1.82) is 0 Å². The van der Waals surface area contributed by atoms with E-state index in [0.717, 1.165) is 5.56 Å². The minimum atomic E-state index is -0.295. The Hall–Kier alpha value is -3.52. The Morgan fingerprint density at radius 2 is 1.90 bits per heavy atom. The lowest BCUT2D eigenvalue weighted by Gasteiger charge is -2.05. The summed E-state index contributed by atoms with van der Waals surface area (Å²) in [7, 11) is 0. The van der Waals surface area contributed by atoms with Gasteiger partial charge in [-0.2, -0.15) is 5.10 Å². The van der Waals surface area contributed by atoms with Crippen LogP contribution < -0.4 is 10.1 Å². The average Bonchev–Trinajstić information content (AvgIpc) is 3.41. The van der Waals surface area contributed by atoms with E-state index in [9.17, 15) is 9.18 Å². The second kappa shape index (κ2) is 9.53. The molecule has 0 aliphatic carbocycles. The van der Waals surface area contributed by atoms with Gasteiger partial charge in [-0.1, -0.05) is 30.3 Å². The van der Waals surface area contributed by atoms with E-state index in [1.165, 1.54) is 23.5 Å². The second-order valence-corrected chi connectivity index (χ2v) is 7.87. The molecule has 0 atom stereocenters. The van der Waals surface area contributed by atoms with Gasteiger partial charge in [0.25, 0.3) is 5.91 Å². The van der Waals surface area contributed by atoms with E-state index in [4.69, 9.17) is 4.74 Å². The first-order valence-electron chi connectivity index (χ1n) is 9.80. The number of rotatable bonds is 8. The smallest absolute Gasteiger partial charge is 0.263 e. The van der Waals surface area contributed by atoms with E-state index in [0.29, 0.717) is 46.7 Å². The van der Waals surface area contributed by atoms with Gasteiger partial charge in [0, 0.05) is 12.7 Å². The second-order valence-electron chi connectivity index (χ2n) is 6.87. The van der Waals surface area contributed by atoms with Gasteiger partial charge >= 0.3 is 0 Å². The number of aryl methyl sites for hydroxylation is 1. The number of nitrogens with one attached hydrogen (secondary N) is 1. The summed E-state index contributed by atoms with van der Waals surface area (Å²) in [6.07, 6.45) is 1.84. The van der Waals surface area contributed by atoms with Gasteiger partial charge in [0.05, 0.1) is 12.2 Å². The van der Waals surface area contributed by atoms with Crippen molar-refractivity contribution in [3.05, 3.63) is 88.8 Å². The van der Waals surface area contributed by atoms with E-state index in [1.807, 2.05) is 49.5 Å². The maximum Gasteiger partial charge on any atom is 0.263 e. The van der Waals surface area contributed by atoms with Crippen LogP contribution in [0.5, 0.6) is 5.75 Å². The summed E-state index contributed by atoms with van der Waals surface area (Å²) in [5.74, 6) is 0.170. The lowest BCUT2D eigenvalue weighted by molar-refractivity contribution is 0.0954. The summed E-state index contributed by atoms with van der Waals surface area (Å²) >= 11 is 1.33. The monoisotopic (exact) mass is 436 g/mol. The molecule has 0 aliphatic heterocycles. The van der Waals surface area contributed by atoms with Crippen LogP contribution in [0.3, 0.4) is 0 Å². The quantitative estimate of drug-likeness (QED) is 0.443. The molecule has 1 N–H and O–H groups in total. The first kappa shape index (κ1) is 20.7. The van der Waals surface area contributed by atoms with Crippen molar-refractivity contribution in [3.8, 4) is 16.5 Å². The van der Waals surface area contributed by atoms with E-state index >= 15 is 0 Å². The van der Waals surface area contributed by atoms with Crippen molar-refractivity contribution in [2.45, 2.75) is 20.0 Å². The number of hydrogen-bond acceptors (Lipinski definition) is 5. The van der Waals surface area contributed by atoms with Gasteiger partial charge in [-0.05, 0) is 42.8 Å². The number of benzene rings is 2. The number of ether oxygens (including phenoxy) is 1. The summed E-state index contributed by atoms with van der Waals surface area (Å²) in [5.41, 5.74) is 2.43. The third kappa shape index (κ3) is 5.35. The molecule has 158 valence electrons. The van der Waals surface area contributed by atoms with Gasteiger partial charge in [0.15, 0.2) is 0 Å². The lowest BCUT2D eigenvalue weighted by Crippen LogP contribution is -2.22. The number of nitrogens with zero attached hydrogens (tertiary/aromatic N) is 3. The van der Waals surface area contributed by atoms with Gasteiger partial charge in [-0.25, -0.2) is 9.37 Å². The van der Waals surface area contributed by atoms with Gasteiger partial charge in [0.2, 0.25) is 0 Å². The molecule has 0 saturated heterocycles. The van der Waals surface area contributed by atoms with Crippen LogP contribution in [-0.2, 0) is 13.1 Å². The zero-order chi connectivity index (χ0) is 21.6. The third-order valence-corrected chi connectivity index (χ3v) is 5.74. The van der Waals surface area contributed by atoms with Crippen LogP contribution in [0.1, 0.15) is 20.9 Å². The Balaban J connectivity index is 1.35. The molecule has 1 amide bonds. The van der Waals surface area contributed by atoms with E-state index < -0.39 is 0 Å². The lowest BCUT2D eigenvalue weighted by atomic mass is 10.2. The van der Waals surface area contributed by atoms with Gasteiger partial charge in [-0.3, -0.25) is 9.48 Å². The van der Waals surface area contributed by atoms with Crippen LogP contribution in [-0.4, -0.2) is 27.3 Å². The molecule has 6 nitrogen and oxygen atoms in total. The van der Waals surface area contributed by atoms with Gasteiger partial charge in [-0.15, -0.1) is 11.3 Å². The molecule has 0 unspecified atom stereocenters. The normalized spacial score (nSPS) is 10.8. The molecule has 0 bridgehead atoms. The molecule has 0 fully saturated rings. The van der Waals surface area contributed by atoms with Crippen LogP contribution in [0.25, 0.3) is 10.7 Å². The molecular formula is C23H21FN4O2S. The van der Waals surface area contributed by atoms with Gasteiger partial charge in [0.1, 0.15) is 33.8 Å². The van der Waals surface area contributed by atoms with Crippen LogP contribution in [0.2, 0.25) is 0 Å². The molecule has 8 heteroatoms. The zero-order valence-corrected chi connectivity index (χ0v) is 17.7. The fraction of sp³-hybridized carbons (Fsp3) is 0.174. The highest BCUT2D eigenvalue weighted by atomic mass is 32.1. The summed E-state index contributed by atoms with van der Waals surface area (Å²) in [6.45, 7) is 3.23. The first-order chi connectivity index (χ1) is 15.1. The maximum atomic E-state index is 12.9. The fourth-order valence-electron chi connectivity index (χ4n) is 2.96. The summed E-state index contributed by atoms with van der Waals surface area (Å²) in [5, 5.41) is 8.16. The largest absolute Gasteiger partial charge is 0.492 e. The SMILES string of the molecule is Cc1nc(-c2ccn(CCOc3ccc(F)cc3)n2)sc1C(=O)NCc1ccccc1. The van der Waals surface area contributed by atoms with Crippen molar-refractivity contribution in [2.75, 3.05) is 6.61 Å². The van der Waals surface area contributed by atoms with Crippen LogP contribution in [0.4, 0.5) is 4.39 Å². The van der Waals surface area contributed by atoms with Crippen LogP contribution in [0, 0.1) is 12.7 Å². The molecule has 4 aromatic rings. The minimum Gasteiger partial charge on any atom is -0.492 e. The van der Waals surface area contributed by atoms with Crippen molar-refractivity contribution >= 4 is 17.2 Å². The topological polar surface area (TPSA) is 69.0 Å². The zero-order valence-electron chi connectivity index (χ0n) is 16.9. The molecule has 0 spiro atoms. The van der Waals surface area contributed by atoms with E-state index in [2.05, 4.69) is 15.4 Å². The number of carbonyl (C=O) groups excluding carboxylic acids is 1. The number of aromatic nitrogens is 3. The Bertz CT molecular complexity index is 1160. The average molecular weight is 437 g/mol. The highest BCUT2D eigenvalue weighted by Crippen LogP contribution is 2.26. The molecule has 2 heterocycles. The van der Waals surface area contributed by atoms with Gasteiger partial charge < -0.3 is 10.1 Å². The summed E-state index contributed by atoms with van der Waals surface area (Å²) in [4.78, 5) is 17.7. The highest BCUT2D eigenvalue weighted by Gasteiger charge is 2.17. The Morgan fingerprint density at radius 3 is 2.68 bits per heavy atom. The standard InChI is InChI=1S/C23H21FN4O2S/c1-16-21(22(29)25-15-17-5-3-2-4-6-17)31-23(26-16)20-11-12-28(27-20)13-14-30-19-9-7-18(24)8-10-19/h2-12H,13-15H2,1H3,(H,25,29). The van der Waals surface area contributed by atoms with E-state index in [1.54, 1.807) is 16.8 Å². The molecule has 0 radical (unpaired) electrons. The first-order valence-corrected chi connectivity index (χ1v) is 10.6. The van der Waals surface area contributed by atoms with Crippen LogP contribution >= 0.6 is 11.3 Å². The molecule has 31 heavy (non-hydrogen) atoms. The van der Waals surface area contributed by atoms with E-state index in [-0.39, 0.29) is 11.7 Å². The van der Waals surface area contributed by atoms with Crippen molar-refractivity contribution in [3.63, 3.8) is 0 Å². The predicted molar refractivity (Wildman–Crippen MR) is 118 cm³/mol. The molecule has 2 aromatic carbocycles. The Kier molecular flexibility index (Phi) is 6.37. The number of halogens is 1. The summed E-state index contributed by atoms with van der Waals surface area (Å²) in [6, 6.07) is 17.5. The minimum absolute atomic E-state index is 0.141. The highest BCUT2D eigenvalue weighted by molar-refractivity contribution is 7.17. The predicted octanol–water partition coefficient (Wildman–Crippen LogP) is 4.46. The van der Waals surface area contributed by atoms with Crippen molar-refractivity contribution in [1.82, 2.24) is 20.1 Å². The number of amides is 1. The Labute approximate surface area is 183 Å². The van der Waals surface area contributed by atoms with Crippen LogP contribution in [0.15, 0.2) is 66.9 Å². The fourth-order valence-corrected chi connectivity index (χ4v) is 3.91. The number of carbonyl (C=O) groups is 1. The third-order valence-electron chi connectivity index (χ3n) is 4.56. The molecule has 0 aliphatic rings. The van der Waals surface area contributed by atoms with Crippen molar-refractivity contribution < 1.29 is 13.9 Å². The Morgan fingerprint density at radius 1 is 1.13 bits per heavy atom. The number of thiazole rings is 1. The summed E-state index contributed by atoms with van der Waals surface area (Å²) < 4.78 is 20.3. The molecular weight excluding hydrogens is 415 g/mol. The van der Waals surface area contributed by atoms with Crippen molar-refractivity contribution in [2.24, 2.45) is 0 Å². The molecule has 4 rings (SSSR count). The molecule has 2 aromatic heterocycles. The number of hydrogen-bond donors (Lipinski definition) is 1. The molecule has 0 saturated carbocycles.